The zero-order valence-corrected chi connectivity index (χ0v) is 6.17. The Morgan fingerprint density at radius 3 is 2.33 bits per heavy atom. The molecule has 2 nitrogen and oxygen atoms in total. The molecule has 1 aliphatic carbocycles. The first-order valence-corrected chi connectivity index (χ1v) is 4.86. The van der Waals surface area contributed by atoms with E-state index in [-0.39, 0.29) is 0 Å². The molecule has 0 N–H and O–H groups in total. The SMILES string of the molecule is O=S(=O)(Cl)C#CC1CC1. The number of hydrogen-bond donors (Lipinski definition) is 0. The Balaban J connectivity index is 2.60. The van der Waals surface area contributed by atoms with Crippen molar-refractivity contribution in [2.75, 3.05) is 0 Å². The Bertz CT molecular complexity index is 252. The van der Waals surface area contributed by atoms with Gasteiger partial charge in [0.25, 0.3) is 0 Å². The van der Waals surface area contributed by atoms with Gasteiger partial charge in [-0.1, -0.05) is 5.92 Å². The van der Waals surface area contributed by atoms with Crippen LogP contribution in [-0.4, -0.2) is 8.42 Å². The summed E-state index contributed by atoms with van der Waals surface area (Å²) in [5.74, 6) is 2.82. The van der Waals surface area contributed by atoms with Crippen LogP contribution >= 0.6 is 10.7 Å². The maximum Gasteiger partial charge on any atom is 0.300 e. The predicted molar refractivity (Wildman–Crippen MR) is 35.3 cm³/mol. The highest BCUT2D eigenvalue weighted by atomic mass is 35.7. The van der Waals surface area contributed by atoms with Crippen molar-refractivity contribution in [2.45, 2.75) is 12.8 Å². The van der Waals surface area contributed by atoms with Crippen LogP contribution in [0.4, 0.5) is 0 Å². The van der Waals surface area contributed by atoms with Crippen LogP contribution in [0.25, 0.3) is 0 Å². The third-order valence-corrected chi connectivity index (χ3v) is 1.56. The molecule has 1 aliphatic rings. The fourth-order valence-corrected chi connectivity index (χ4v) is 0.822. The molecule has 1 fully saturated rings. The Kier molecular flexibility index (Phi) is 1.69. The molecule has 0 amide bonds. The molecule has 4 heteroatoms. The Morgan fingerprint density at radius 2 is 2.00 bits per heavy atom. The fourth-order valence-electron chi connectivity index (χ4n) is 0.381. The third kappa shape index (κ3) is 3.39. The highest BCUT2D eigenvalue weighted by Gasteiger charge is 2.18. The molecule has 0 aromatic carbocycles. The van der Waals surface area contributed by atoms with Gasteiger partial charge in [-0.3, -0.25) is 0 Å². The summed E-state index contributed by atoms with van der Waals surface area (Å²) in [7, 11) is 1.24. The second kappa shape index (κ2) is 2.20. The van der Waals surface area contributed by atoms with Gasteiger partial charge < -0.3 is 0 Å². The van der Waals surface area contributed by atoms with E-state index in [0.29, 0.717) is 5.92 Å². The quantitative estimate of drug-likeness (QED) is 0.394. The maximum atomic E-state index is 10.2. The largest absolute Gasteiger partial charge is 0.300 e. The third-order valence-electron chi connectivity index (χ3n) is 0.962. The molecule has 0 radical (unpaired) electrons. The van der Waals surface area contributed by atoms with E-state index in [4.69, 9.17) is 10.7 Å². The van der Waals surface area contributed by atoms with Gasteiger partial charge in [0.1, 0.15) is 0 Å². The van der Waals surface area contributed by atoms with E-state index in [1.54, 1.807) is 0 Å². The van der Waals surface area contributed by atoms with Crippen LogP contribution in [0, 0.1) is 17.1 Å². The molecule has 0 saturated heterocycles. The fraction of sp³-hybridized carbons (Fsp3) is 0.600. The molecule has 1 rings (SSSR count). The van der Waals surface area contributed by atoms with Crippen LogP contribution in [-0.2, 0) is 9.05 Å². The lowest BCUT2D eigenvalue weighted by Gasteiger charge is -1.72. The minimum absolute atomic E-state index is 0.290. The topological polar surface area (TPSA) is 34.1 Å². The molecule has 0 bridgehead atoms. The average molecular weight is 165 g/mol. The van der Waals surface area contributed by atoms with Crippen LogP contribution in [0.15, 0.2) is 0 Å². The molecule has 0 heterocycles. The van der Waals surface area contributed by atoms with E-state index >= 15 is 0 Å². The van der Waals surface area contributed by atoms with Crippen LogP contribution in [0.1, 0.15) is 12.8 Å². The van der Waals surface area contributed by atoms with E-state index in [1.165, 1.54) is 0 Å². The Labute approximate surface area is 58.6 Å². The zero-order valence-electron chi connectivity index (χ0n) is 4.59. The van der Waals surface area contributed by atoms with Crippen molar-refractivity contribution in [3.8, 4) is 11.2 Å². The van der Waals surface area contributed by atoms with Gasteiger partial charge in [0.05, 0.1) is 0 Å². The first kappa shape index (κ1) is 6.91. The zero-order chi connectivity index (χ0) is 6.91. The van der Waals surface area contributed by atoms with Crippen LogP contribution in [0.2, 0.25) is 0 Å². The van der Waals surface area contributed by atoms with E-state index in [1.807, 2.05) is 5.25 Å². The van der Waals surface area contributed by atoms with Gasteiger partial charge in [-0.2, -0.15) is 8.42 Å². The Morgan fingerprint density at radius 1 is 1.44 bits per heavy atom. The number of rotatable bonds is 0. The van der Waals surface area contributed by atoms with Gasteiger partial charge in [-0.05, 0) is 12.8 Å². The molecule has 0 aromatic rings. The van der Waals surface area contributed by atoms with Crippen molar-refractivity contribution in [1.29, 1.82) is 0 Å². The molecule has 9 heavy (non-hydrogen) atoms. The molecule has 1 saturated carbocycles. The van der Waals surface area contributed by atoms with Gasteiger partial charge in [-0.15, -0.1) is 0 Å². The summed E-state index contributed by atoms with van der Waals surface area (Å²) >= 11 is 0. The second-order valence-electron chi connectivity index (χ2n) is 1.96. The minimum atomic E-state index is -3.57. The van der Waals surface area contributed by atoms with E-state index < -0.39 is 9.05 Å². The molecule has 0 aliphatic heterocycles. The van der Waals surface area contributed by atoms with Gasteiger partial charge in [0.2, 0.25) is 0 Å². The second-order valence-corrected chi connectivity index (χ2v) is 4.26. The average Bonchev–Trinajstić information content (AvgIpc) is 2.38. The van der Waals surface area contributed by atoms with Crippen molar-refractivity contribution >= 4 is 19.7 Å². The number of hydrogen-bond acceptors (Lipinski definition) is 2. The summed E-state index contributed by atoms with van der Waals surface area (Å²) in [6.07, 6.45) is 2.03. The van der Waals surface area contributed by atoms with Crippen molar-refractivity contribution in [3.05, 3.63) is 0 Å². The maximum absolute atomic E-state index is 10.2. The van der Waals surface area contributed by atoms with Crippen molar-refractivity contribution in [3.63, 3.8) is 0 Å². The van der Waals surface area contributed by atoms with Crippen molar-refractivity contribution in [1.82, 2.24) is 0 Å². The smallest absolute Gasteiger partial charge is 0.198 e. The normalized spacial score (nSPS) is 18.3. The van der Waals surface area contributed by atoms with Gasteiger partial charge in [0, 0.05) is 21.9 Å². The van der Waals surface area contributed by atoms with Crippen molar-refractivity contribution < 1.29 is 8.42 Å². The summed E-state index contributed by atoms with van der Waals surface area (Å²) in [5.41, 5.74) is 0. The monoisotopic (exact) mass is 164 g/mol. The van der Waals surface area contributed by atoms with E-state index in [0.717, 1.165) is 12.8 Å². The van der Waals surface area contributed by atoms with E-state index in [2.05, 4.69) is 5.92 Å². The summed E-state index contributed by atoms with van der Waals surface area (Å²) in [5, 5.41) is 1.97. The van der Waals surface area contributed by atoms with E-state index in [9.17, 15) is 8.42 Å². The Hall–Kier alpha value is -0.200. The molecular formula is C5H5ClO2S. The molecule has 0 spiro atoms. The highest BCUT2D eigenvalue weighted by Crippen LogP contribution is 2.27. The molecule has 50 valence electrons. The van der Waals surface area contributed by atoms with Crippen LogP contribution in [0.3, 0.4) is 0 Å². The molecular weight excluding hydrogens is 160 g/mol. The summed E-state index contributed by atoms with van der Waals surface area (Å²) < 4.78 is 20.3. The summed E-state index contributed by atoms with van der Waals surface area (Å²) in [6.45, 7) is 0. The van der Waals surface area contributed by atoms with Crippen LogP contribution in [0.5, 0.6) is 0 Å². The molecule has 0 atom stereocenters. The summed E-state index contributed by atoms with van der Waals surface area (Å²) in [4.78, 5) is 0. The minimum Gasteiger partial charge on any atom is -0.198 e. The lowest BCUT2D eigenvalue weighted by molar-refractivity contribution is 0.618. The number of halogens is 1. The first-order chi connectivity index (χ1) is 4.08. The van der Waals surface area contributed by atoms with Gasteiger partial charge >= 0.3 is 9.05 Å². The first-order valence-electron chi connectivity index (χ1n) is 2.55. The lowest BCUT2D eigenvalue weighted by Crippen LogP contribution is -1.79. The van der Waals surface area contributed by atoms with Gasteiger partial charge in [0.15, 0.2) is 0 Å². The standard InChI is InChI=1S/C5H5ClO2S/c6-9(7,8)4-3-5-1-2-5/h5H,1-2H2. The van der Waals surface area contributed by atoms with Crippen molar-refractivity contribution in [2.24, 2.45) is 5.92 Å². The molecule has 0 unspecified atom stereocenters. The highest BCUT2D eigenvalue weighted by molar-refractivity contribution is 8.17. The summed E-state index contributed by atoms with van der Waals surface area (Å²) in [6, 6.07) is 0. The predicted octanol–water partition coefficient (Wildman–Crippen LogP) is 0.926. The lowest BCUT2D eigenvalue weighted by atomic mass is 10.5. The van der Waals surface area contributed by atoms with Gasteiger partial charge in [-0.25, -0.2) is 0 Å². The van der Waals surface area contributed by atoms with Crippen LogP contribution < -0.4 is 0 Å². The molecule has 0 aromatic heterocycles.